The third-order valence-electron chi connectivity index (χ3n) is 6.87. The van der Waals surface area contributed by atoms with E-state index in [9.17, 15) is 14.7 Å². The van der Waals surface area contributed by atoms with Crippen LogP contribution in [0.4, 0.5) is 4.79 Å². The van der Waals surface area contributed by atoms with Gasteiger partial charge in [0.2, 0.25) is 5.91 Å². The van der Waals surface area contributed by atoms with Crippen molar-refractivity contribution < 1.29 is 19.4 Å². The van der Waals surface area contributed by atoms with Gasteiger partial charge in [0.05, 0.1) is 11.5 Å². The maximum absolute atomic E-state index is 13.5. The predicted molar refractivity (Wildman–Crippen MR) is 125 cm³/mol. The van der Waals surface area contributed by atoms with E-state index in [-0.39, 0.29) is 17.9 Å². The minimum Gasteiger partial charge on any atom is -0.444 e. The molecule has 178 valence electrons. The lowest BCUT2D eigenvalue weighted by Gasteiger charge is -2.51. The van der Waals surface area contributed by atoms with Gasteiger partial charge >= 0.3 is 6.09 Å². The van der Waals surface area contributed by atoms with Crippen LogP contribution in [0, 0.1) is 11.3 Å². The van der Waals surface area contributed by atoms with Crippen molar-refractivity contribution in [2.75, 3.05) is 13.1 Å². The molecule has 1 saturated heterocycles. The van der Waals surface area contributed by atoms with Gasteiger partial charge in [-0.2, -0.15) is 0 Å². The van der Waals surface area contributed by atoms with Crippen LogP contribution in [-0.2, 0) is 15.1 Å². The van der Waals surface area contributed by atoms with Crippen molar-refractivity contribution in [3.05, 3.63) is 34.9 Å². The molecule has 1 aliphatic heterocycles. The van der Waals surface area contributed by atoms with Crippen LogP contribution in [-0.4, -0.2) is 46.7 Å². The molecular weight excluding hydrogens is 428 g/mol. The van der Waals surface area contributed by atoms with E-state index < -0.39 is 22.7 Å². The monoisotopic (exact) mass is 464 g/mol. The maximum atomic E-state index is 13.5. The highest BCUT2D eigenvalue weighted by Crippen LogP contribution is 2.46. The number of alkyl carbamates (subject to hydrolysis) is 1. The first-order valence-electron chi connectivity index (χ1n) is 11.6. The quantitative estimate of drug-likeness (QED) is 0.668. The van der Waals surface area contributed by atoms with Crippen molar-refractivity contribution in [1.82, 2.24) is 10.2 Å². The molecule has 32 heavy (non-hydrogen) atoms. The number of rotatable bonds is 3. The Kier molecular flexibility index (Phi) is 7.16. The molecule has 6 nitrogen and oxygen atoms in total. The number of nitrogens with zero attached hydrogens (tertiary/aromatic N) is 1. The zero-order chi connectivity index (χ0) is 23.7. The molecule has 0 aromatic heterocycles. The molecule has 1 saturated carbocycles. The number of hydrogen-bond acceptors (Lipinski definition) is 4. The molecule has 3 atom stereocenters. The van der Waals surface area contributed by atoms with E-state index >= 15 is 0 Å². The lowest BCUT2D eigenvalue weighted by molar-refractivity contribution is -0.158. The summed E-state index contributed by atoms with van der Waals surface area (Å²) in [5.74, 6) is -0.217. The molecule has 7 heteroatoms. The first-order chi connectivity index (χ1) is 14.8. The second-order valence-corrected chi connectivity index (χ2v) is 11.3. The molecule has 0 spiro atoms. The number of halogens is 1. The summed E-state index contributed by atoms with van der Waals surface area (Å²) < 4.78 is 5.41. The van der Waals surface area contributed by atoms with Gasteiger partial charge in [0, 0.05) is 29.6 Å². The van der Waals surface area contributed by atoms with Crippen LogP contribution in [0.25, 0.3) is 0 Å². The van der Waals surface area contributed by atoms with E-state index in [0.29, 0.717) is 24.5 Å². The van der Waals surface area contributed by atoms with E-state index in [1.54, 1.807) is 12.1 Å². The summed E-state index contributed by atoms with van der Waals surface area (Å²) in [6.45, 7) is 10.4. The first-order valence-corrected chi connectivity index (χ1v) is 12.0. The standard InChI is InChI=1S/C25H37ClN2O4/c1-23(2,3)32-22(30)27-20-9-7-6-8-19(20)21(29)28-15-14-25(31,24(4,5)16-28)17-10-12-18(26)13-11-17/h10-13,19-20,31H,6-9,14-16H2,1-5H3,(H,27,30)/t19-,20+,25-/m0/s1. The number of carbonyl (C=O) groups excluding carboxylic acids is 2. The summed E-state index contributed by atoms with van der Waals surface area (Å²) in [5, 5.41) is 15.2. The summed E-state index contributed by atoms with van der Waals surface area (Å²) >= 11 is 6.03. The van der Waals surface area contributed by atoms with Gasteiger partial charge in [0.15, 0.2) is 0 Å². The SMILES string of the molecule is CC(C)(C)OC(=O)N[C@@H]1CCCC[C@@H]1C(=O)N1CC[C@](O)(c2ccc(Cl)cc2)C(C)(C)C1. The average molecular weight is 465 g/mol. The van der Waals surface area contributed by atoms with Crippen LogP contribution >= 0.6 is 11.6 Å². The van der Waals surface area contributed by atoms with Gasteiger partial charge in [-0.3, -0.25) is 4.79 Å². The third kappa shape index (κ3) is 5.40. The molecule has 1 aliphatic carbocycles. The van der Waals surface area contributed by atoms with E-state index in [2.05, 4.69) is 5.32 Å². The molecule has 3 rings (SSSR count). The molecular formula is C25H37ClN2O4. The van der Waals surface area contributed by atoms with Crippen molar-refractivity contribution in [1.29, 1.82) is 0 Å². The highest BCUT2D eigenvalue weighted by atomic mass is 35.5. The number of piperidine rings is 1. The molecule has 2 fully saturated rings. The van der Waals surface area contributed by atoms with Gasteiger partial charge in [-0.05, 0) is 57.7 Å². The average Bonchev–Trinajstić information content (AvgIpc) is 2.69. The Bertz CT molecular complexity index is 833. The predicted octanol–water partition coefficient (Wildman–Crippen LogP) is 4.87. The van der Waals surface area contributed by atoms with Crippen LogP contribution in [0.5, 0.6) is 0 Å². The zero-order valence-electron chi connectivity index (χ0n) is 19.9. The Morgan fingerprint density at radius 3 is 2.38 bits per heavy atom. The second kappa shape index (κ2) is 9.22. The number of likely N-dealkylation sites (tertiary alicyclic amines) is 1. The Labute approximate surface area is 196 Å². The van der Waals surface area contributed by atoms with Crippen LogP contribution in [0.15, 0.2) is 24.3 Å². The fraction of sp³-hybridized carbons (Fsp3) is 0.680. The smallest absolute Gasteiger partial charge is 0.407 e. The fourth-order valence-corrected chi connectivity index (χ4v) is 5.19. The summed E-state index contributed by atoms with van der Waals surface area (Å²) in [6, 6.07) is 7.08. The Balaban J connectivity index is 1.72. The molecule has 0 unspecified atom stereocenters. The number of nitrogens with one attached hydrogen (secondary N) is 1. The third-order valence-corrected chi connectivity index (χ3v) is 7.12. The van der Waals surface area contributed by atoms with Crippen LogP contribution in [0.2, 0.25) is 5.02 Å². The molecule has 1 aromatic carbocycles. The van der Waals surface area contributed by atoms with Crippen LogP contribution in [0.3, 0.4) is 0 Å². The highest BCUT2D eigenvalue weighted by Gasteiger charge is 2.50. The molecule has 2 aliphatic rings. The van der Waals surface area contributed by atoms with Gasteiger partial charge in [0.1, 0.15) is 5.60 Å². The van der Waals surface area contributed by atoms with Crippen molar-refractivity contribution in [2.24, 2.45) is 11.3 Å². The minimum atomic E-state index is -1.05. The van der Waals surface area contributed by atoms with E-state index in [1.807, 2.05) is 51.7 Å². The molecule has 2 N–H and O–H groups in total. The molecule has 2 amide bonds. The Morgan fingerprint density at radius 1 is 1.16 bits per heavy atom. The second-order valence-electron chi connectivity index (χ2n) is 10.9. The van der Waals surface area contributed by atoms with Gasteiger partial charge in [-0.25, -0.2) is 4.79 Å². The first kappa shape index (κ1) is 24.8. The summed E-state index contributed by atoms with van der Waals surface area (Å²) in [5.41, 5.74) is -1.35. The van der Waals surface area contributed by atoms with E-state index in [1.165, 1.54) is 0 Å². The number of carbonyl (C=O) groups is 2. The molecule has 1 aromatic rings. The zero-order valence-corrected chi connectivity index (χ0v) is 20.7. The minimum absolute atomic E-state index is 0.0528. The van der Waals surface area contributed by atoms with Gasteiger partial charge in [0.25, 0.3) is 0 Å². The number of amides is 2. The number of benzene rings is 1. The molecule has 1 heterocycles. The normalized spacial score (nSPS) is 28.2. The molecule has 0 bridgehead atoms. The fourth-order valence-electron chi connectivity index (χ4n) is 5.06. The number of hydrogen-bond donors (Lipinski definition) is 2. The van der Waals surface area contributed by atoms with Crippen molar-refractivity contribution >= 4 is 23.6 Å². The summed E-state index contributed by atoms with van der Waals surface area (Å²) in [6.07, 6.45) is 3.43. The topological polar surface area (TPSA) is 78.9 Å². The van der Waals surface area contributed by atoms with Crippen LogP contribution < -0.4 is 5.32 Å². The highest BCUT2D eigenvalue weighted by molar-refractivity contribution is 6.30. The van der Waals surface area contributed by atoms with E-state index in [0.717, 1.165) is 31.2 Å². The van der Waals surface area contributed by atoms with Crippen molar-refractivity contribution in [2.45, 2.75) is 84.0 Å². The Hall–Kier alpha value is -1.79. The molecule has 0 radical (unpaired) electrons. The summed E-state index contributed by atoms with van der Waals surface area (Å²) in [7, 11) is 0. The van der Waals surface area contributed by atoms with Gasteiger partial charge in [-0.15, -0.1) is 0 Å². The maximum Gasteiger partial charge on any atom is 0.407 e. The van der Waals surface area contributed by atoms with Crippen molar-refractivity contribution in [3.8, 4) is 0 Å². The number of ether oxygens (including phenoxy) is 1. The van der Waals surface area contributed by atoms with Gasteiger partial charge < -0.3 is 20.1 Å². The largest absolute Gasteiger partial charge is 0.444 e. The van der Waals surface area contributed by atoms with E-state index in [4.69, 9.17) is 16.3 Å². The lowest BCUT2D eigenvalue weighted by atomic mass is 9.66. The van der Waals surface area contributed by atoms with Gasteiger partial charge in [-0.1, -0.05) is 50.4 Å². The van der Waals surface area contributed by atoms with Crippen molar-refractivity contribution in [3.63, 3.8) is 0 Å². The number of aliphatic hydroxyl groups is 1. The summed E-state index contributed by atoms with van der Waals surface area (Å²) in [4.78, 5) is 27.7. The Morgan fingerprint density at radius 2 is 1.78 bits per heavy atom. The van der Waals surface area contributed by atoms with Crippen LogP contribution in [0.1, 0.15) is 72.3 Å². The lowest BCUT2D eigenvalue weighted by Crippen LogP contribution is -2.59.